The Morgan fingerprint density at radius 1 is 0.882 bits per heavy atom. The maximum atomic E-state index is 11.6. The summed E-state index contributed by atoms with van der Waals surface area (Å²) >= 11 is 0. The van der Waals surface area contributed by atoms with Crippen LogP contribution in [0.4, 0.5) is 22.7 Å². The normalized spacial score (nSPS) is 10.6. The van der Waals surface area contributed by atoms with Crippen molar-refractivity contribution in [2.24, 2.45) is 5.10 Å². The smallest absolute Gasteiger partial charge is 0.301 e. The number of ether oxygens (including phenoxy) is 2. The van der Waals surface area contributed by atoms with E-state index in [2.05, 4.69) is 10.5 Å². The van der Waals surface area contributed by atoms with Crippen LogP contribution in [0, 0.1) is 30.3 Å². The lowest BCUT2D eigenvalue weighted by molar-refractivity contribution is -0.393. The fraction of sp³-hybridized carbons (Fsp3) is 0.0952. The molecule has 0 bridgehead atoms. The molecule has 0 spiro atoms. The quantitative estimate of drug-likeness (QED) is 0.257. The number of rotatable bonds is 10. The zero-order valence-corrected chi connectivity index (χ0v) is 17.6. The minimum absolute atomic E-state index is 0.0333. The third kappa shape index (κ3) is 5.59. The number of anilines is 1. The molecule has 34 heavy (non-hydrogen) atoms. The lowest BCUT2D eigenvalue weighted by Crippen LogP contribution is -2.02. The molecule has 0 aliphatic heterocycles. The van der Waals surface area contributed by atoms with E-state index in [0.717, 1.165) is 30.0 Å². The summed E-state index contributed by atoms with van der Waals surface area (Å²) in [5.74, 6) is 0.360. The van der Waals surface area contributed by atoms with E-state index < -0.39 is 26.1 Å². The second-order valence-corrected chi connectivity index (χ2v) is 6.68. The molecule has 0 aromatic heterocycles. The van der Waals surface area contributed by atoms with Gasteiger partial charge in [0, 0.05) is 6.07 Å². The number of hydrogen-bond donors (Lipinski definition) is 1. The van der Waals surface area contributed by atoms with Crippen LogP contribution in [0.3, 0.4) is 0 Å². The first-order chi connectivity index (χ1) is 16.3. The fourth-order valence-electron chi connectivity index (χ4n) is 2.88. The maximum absolute atomic E-state index is 11.6. The highest BCUT2D eigenvalue weighted by Gasteiger charge is 2.21. The molecular formula is C21H17N5O8. The van der Waals surface area contributed by atoms with Gasteiger partial charge in [-0.15, -0.1) is 0 Å². The first-order valence-electron chi connectivity index (χ1n) is 9.55. The molecule has 3 aromatic carbocycles. The van der Waals surface area contributed by atoms with Crippen molar-refractivity contribution in [3.63, 3.8) is 0 Å². The van der Waals surface area contributed by atoms with Gasteiger partial charge in [-0.3, -0.25) is 35.8 Å². The van der Waals surface area contributed by atoms with Crippen LogP contribution in [-0.4, -0.2) is 28.1 Å². The molecule has 0 saturated carbocycles. The van der Waals surface area contributed by atoms with Crippen LogP contribution in [-0.2, 0) is 6.61 Å². The van der Waals surface area contributed by atoms with Gasteiger partial charge in [0.1, 0.15) is 12.3 Å². The minimum Gasteiger partial charge on any atom is -0.493 e. The summed E-state index contributed by atoms with van der Waals surface area (Å²) in [4.78, 5) is 31.5. The molecule has 3 aromatic rings. The first-order valence-corrected chi connectivity index (χ1v) is 9.55. The van der Waals surface area contributed by atoms with E-state index in [1.54, 1.807) is 0 Å². The molecule has 0 radical (unpaired) electrons. The third-order valence-corrected chi connectivity index (χ3v) is 4.52. The number of nitrogens with one attached hydrogen (secondary N) is 1. The summed E-state index contributed by atoms with van der Waals surface area (Å²) < 4.78 is 11.0. The average Bonchev–Trinajstić information content (AvgIpc) is 2.83. The van der Waals surface area contributed by atoms with Gasteiger partial charge in [-0.1, -0.05) is 30.3 Å². The van der Waals surface area contributed by atoms with Gasteiger partial charge < -0.3 is 9.47 Å². The van der Waals surface area contributed by atoms with Gasteiger partial charge in [-0.05, 0) is 17.7 Å². The Morgan fingerprint density at radius 2 is 1.59 bits per heavy atom. The van der Waals surface area contributed by atoms with Crippen molar-refractivity contribution in [2.75, 3.05) is 12.5 Å². The van der Waals surface area contributed by atoms with Gasteiger partial charge in [0.2, 0.25) is 0 Å². The highest BCUT2D eigenvalue weighted by atomic mass is 16.6. The number of nitro benzene ring substituents is 3. The Morgan fingerprint density at radius 3 is 2.21 bits per heavy atom. The second kappa shape index (κ2) is 10.5. The Balaban J connectivity index is 1.87. The molecule has 0 aliphatic carbocycles. The van der Waals surface area contributed by atoms with Crippen molar-refractivity contribution in [3.05, 3.63) is 102 Å². The van der Waals surface area contributed by atoms with Crippen molar-refractivity contribution in [3.8, 4) is 11.5 Å². The van der Waals surface area contributed by atoms with Crippen LogP contribution >= 0.6 is 0 Å². The topological polar surface area (TPSA) is 172 Å². The molecule has 0 aliphatic rings. The van der Waals surface area contributed by atoms with E-state index in [9.17, 15) is 30.3 Å². The zero-order chi connectivity index (χ0) is 24.7. The van der Waals surface area contributed by atoms with Crippen molar-refractivity contribution in [2.45, 2.75) is 6.61 Å². The van der Waals surface area contributed by atoms with Crippen LogP contribution in [0.1, 0.15) is 11.1 Å². The molecule has 13 nitrogen and oxygen atoms in total. The number of non-ortho nitro benzene ring substituents is 1. The van der Waals surface area contributed by atoms with Gasteiger partial charge in [0.15, 0.2) is 11.5 Å². The first kappa shape index (κ1) is 23.6. The number of methoxy groups -OCH3 is 1. The summed E-state index contributed by atoms with van der Waals surface area (Å²) in [6.07, 6.45) is 1.08. The minimum atomic E-state index is -0.810. The molecule has 0 amide bonds. The van der Waals surface area contributed by atoms with Gasteiger partial charge in [-0.25, -0.2) is 0 Å². The molecule has 0 unspecified atom stereocenters. The molecule has 13 heteroatoms. The molecule has 0 heterocycles. The second-order valence-electron chi connectivity index (χ2n) is 6.68. The van der Waals surface area contributed by atoms with E-state index in [1.807, 2.05) is 30.3 Å². The van der Waals surface area contributed by atoms with E-state index in [1.165, 1.54) is 19.2 Å². The largest absolute Gasteiger partial charge is 0.493 e. The van der Waals surface area contributed by atoms with Crippen LogP contribution in [0.25, 0.3) is 0 Å². The number of nitro groups is 3. The van der Waals surface area contributed by atoms with Gasteiger partial charge >= 0.3 is 5.69 Å². The van der Waals surface area contributed by atoms with E-state index >= 15 is 0 Å². The van der Waals surface area contributed by atoms with Crippen molar-refractivity contribution in [1.82, 2.24) is 0 Å². The predicted octanol–water partition coefficient (Wildman–Crippen LogP) is 4.44. The lowest BCUT2D eigenvalue weighted by atomic mass is 10.1. The monoisotopic (exact) mass is 467 g/mol. The van der Waals surface area contributed by atoms with Crippen LogP contribution in [0.2, 0.25) is 0 Å². The van der Waals surface area contributed by atoms with Crippen molar-refractivity contribution >= 4 is 29.0 Å². The van der Waals surface area contributed by atoms with Crippen molar-refractivity contribution in [1.29, 1.82) is 0 Å². The Labute approximate surface area is 191 Å². The van der Waals surface area contributed by atoms with Gasteiger partial charge in [-0.2, -0.15) is 5.10 Å². The molecule has 0 fully saturated rings. The summed E-state index contributed by atoms with van der Waals surface area (Å²) in [5, 5.41) is 37.5. The summed E-state index contributed by atoms with van der Waals surface area (Å²) in [7, 11) is 1.37. The maximum Gasteiger partial charge on any atom is 0.301 e. The van der Waals surface area contributed by atoms with Gasteiger partial charge in [0.05, 0.1) is 45.8 Å². The fourth-order valence-corrected chi connectivity index (χ4v) is 2.88. The number of nitrogens with zero attached hydrogens (tertiary/aromatic N) is 4. The van der Waals surface area contributed by atoms with Gasteiger partial charge in [0.25, 0.3) is 11.4 Å². The van der Waals surface area contributed by atoms with E-state index in [0.29, 0.717) is 0 Å². The summed E-state index contributed by atoms with van der Waals surface area (Å²) in [6.45, 7) is 0.160. The standard InChI is InChI=1S/C21H17N5O8/c1-33-20-9-15(12-22-23-17-8-7-16(24(27)28)10-19(17)26(31)32)18(25(29)30)11-21(20)34-13-14-5-3-2-4-6-14/h2-12,23H,13H2,1H3/b22-12-. The molecular weight excluding hydrogens is 450 g/mol. The highest BCUT2D eigenvalue weighted by Crippen LogP contribution is 2.35. The molecule has 174 valence electrons. The number of hydrazone groups is 1. The third-order valence-electron chi connectivity index (χ3n) is 4.52. The zero-order valence-electron chi connectivity index (χ0n) is 17.6. The Bertz CT molecular complexity index is 1260. The summed E-state index contributed by atoms with van der Waals surface area (Å²) in [6, 6.07) is 14.7. The average molecular weight is 467 g/mol. The van der Waals surface area contributed by atoms with E-state index in [-0.39, 0.29) is 35.0 Å². The van der Waals surface area contributed by atoms with E-state index in [4.69, 9.17) is 9.47 Å². The highest BCUT2D eigenvalue weighted by molar-refractivity contribution is 5.87. The molecule has 0 atom stereocenters. The number of benzene rings is 3. The number of hydrogen-bond acceptors (Lipinski definition) is 10. The van der Waals surface area contributed by atoms with Crippen molar-refractivity contribution < 1.29 is 24.2 Å². The summed E-state index contributed by atoms with van der Waals surface area (Å²) in [5.41, 5.74) is 1.75. The van der Waals surface area contributed by atoms with Crippen LogP contribution < -0.4 is 14.9 Å². The SMILES string of the molecule is COc1cc(/C=N\Nc2ccc([N+](=O)[O-])cc2[N+](=O)[O-])c([N+](=O)[O-])cc1OCc1ccccc1. The molecule has 1 N–H and O–H groups in total. The lowest BCUT2D eigenvalue weighted by Gasteiger charge is -2.12. The molecule has 0 saturated heterocycles. The predicted molar refractivity (Wildman–Crippen MR) is 121 cm³/mol. The Hall–Kier alpha value is -5.07. The molecule has 3 rings (SSSR count). The Kier molecular flexibility index (Phi) is 7.28. The van der Waals surface area contributed by atoms with Crippen LogP contribution in [0.15, 0.2) is 65.8 Å². The van der Waals surface area contributed by atoms with Crippen LogP contribution in [0.5, 0.6) is 11.5 Å².